The van der Waals surface area contributed by atoms with Crippen LogP contribution in [0.5, 0.6) is 0 Å². The van der Waals surface area contributed by atoms with Crippen molar-refractivity contribution in [3.8, 4) is 0 Å². The van der Waals surface area contributed by atoms with Crippen molar-refractivity contribution in [1.82, 2.24) is 15.0 Å². The molecule has 0 aliphatic rings. The van der Waals surface area contributed by atoms with Crippen molar-refractivity contribution in [3.63, 3.8) is 0 Å². The number of hydrogen-bond donors (Lipinski definition) is 1. The Hall–Kier alpha value is -1.14. The second-order valence-corrected chi connectivity index (χ2v) is 3.49. The molecule has 1 rings (SSSR count). The second-order valence-electron chi connectivity index (χ2n) is 2.82. The molecule has 1 aromatic rings. The van der Waals surface area contributed by atoms with Crippen molar-refractivity contribution in [2.45, 2.75) is 19.9 Å². The lowest BCUT2D eigenvalue weighted by atomic mass is 10.3. The molecule has 16 heavy (non-hydrogen) atoms. The molecule has 0 aliphatic carbocycles. The molecule has 8 heteroatoms. The summed E-state index contributed by atoms with van der Waals surface area (Å²) in [4.78, 5) is 22.4. The van der Waals surface area contributed by atoms with Crippen LogP contribution in [0.25, 0.3) is 0 Å². The van der Waals surface area contributed by atoms with Crippen LogP contribution in [0.4, 0.5) is 5.95 Å². The molecular formula is C8H10Cl2N4O2. The maximum absolute atomic E-state index is 11.3. The zero-order chi connectivity index (χ0) is 12.1. The Morgan fingerprint density at radius 2 is 1.94 bits per heavy atom. The van der Waals surface area contributed by atoms with Crippen LogP contribution >= 0.6 is 23.2 Å². The van der Waals surface area contributed by atoms with E-state index in [1.165, 1.54) is 0 Å². The molecule has 0 spiro atoms. The van der Waals surface area contributed by atoms with Crippen LogP contribution in [0.1, 0.15) is 13.8 Å². The number of rotatable bonds is 4. The van der Waals surface area contributed by atoms with E-state index in [4.69, 9.17) is 27.9 Å². The van der Waals surface area contributed by atoms with Crippen molar-refractivity contribution < 1.29 is 9.53 Å². The number of halogens is 2. The molecule has 0 saturated heterocycles. The van der Waals surface area contributed by atoms with Crippen molar-refractivity contribution in [2.24, 2.45) is 0 Å². The highest BCUT2D eigenvalue weighted by Gasteiger charge is 2.15. The molecule has 0 radical (unpaired) electrons. The Labute approximate surface area is 102 Å². The average Bonchev–Trinajstić information content (AvgIpc) is 2.16. The van der Waals surface area contributed by atoms with Gasteiger partial charge in [0.2, 0.25) is 16.5 Å². The Morgan fingerprint density at radius 1 is 1.38 bits per heavy atom. The predicted molar refractivity (Wildman–Crippen MR) is 59.6 cm³/mol. The lowest BCUT2D eigenvalue weighted by Crippen LogP contribution is -2.29. The van der Waals surface area contributed by atoms with Crippen LogP contribution in [0.15, 0.2) is 0 Å². The molecule has 1 heterocycles. The number of ether oxygens (including phenoxy) is 1. The number of carbonyl (C=O) groups is 1. The van der Waals surface area contributed by atoms with Crippen LogP contribution in [-0.4, -0.2) is 33.6 Å². The first-order valence-electron chi connectivity index (χ1n) is 4.53. The van der Waals surface area contributed by atoms with E-state index in [1.807, 2.05) is 0 Å². The second kappa shape index (κ2) is 5.81. The fourth-order valence-corrected chi connectivity index (χ4v) is 1.27. The molecule has 0 aromatic carbocycles. The van der Waals surface area contributed by atoms with E-state index >= 15 is 0 Å². The van der Waals surface area contributed by atoms with Crippen LogP contribution < -0.4 is 5.32 Å². The van der Waals surface area contributed by atoms with Crippen molar-refractivity contribution in [1.29, 1.82) is 0 Å². The zero-order valence-corrected chi connectivity index (χ0v) is 10.2. The van der Waals surface area contributed by atoms with Gasteiger partial charge >= 0.3 is 5.97 Å². The van der Waals surface area contributed by atoms with Gasteiger partial charge in [-0.05, 0) is 37.0 Å². The Bertz CT molecular complexity index is 368. The summed E-state index contributed by atoms with van der Waals surface area (Å²) in [5, 5.41) is 2.62. The highest BCUT2D eigenvalue weighted by atomic mass is 35.5. The summed E-state index contributed by atoms with van der Waals surface area (Å²) < 4.78 is 4.80. The van der Waals surface area contributed by atoms with Gasteiger partial charge in [0, 0.05) is 0 Å². The molecule has 0 aliphatic heterocycles. The van der Waals surface area contributed by atoms with Gasteiger partial charge in [0.05, 0.1) is 6.61 Å². The summed E-state index contributed by atoms with van der Waals surface area (Å²) in [7, 11) is 0. The SMILES string of the molecule is CCOC(=O)C(C)Nc1nc(Cl)nc(Cl)n1. The molecule has 1 aromatic heterocycles. The molecule has 88 valence electrons. The molecule has 1 atom stereocenters. The predicted octanol–water partition coefficient (Wildman–Crippen LogP) is 1.54. The summed E-state index contributed by atoms with van der Waals surface area (Å²) in [6.07, 6.45) is 0. The first kappa shape index (κ1) is 12.9. The summed E-state index contributed by atoms with van der Waals surface area (Å²) in [5.74, 6) is -0.277. The molecule has 0 bridgehead atoms. The van der Waals surface area contributed by atoms with Crippen molar-refractivity contribution in [3.05, 3.63) is 10.6 Å². The number of anilines is 1. The van der Waals surface area contributed by atoms with E-state index < -0.39 is 12.0 Å². The average molecular weight is 265 g/mol. The Balaban J connectivity index is 2.69. The minimum atomic E-state index is -0.588. The summed E-state index contributed by atoms with van der Waals surface area (Å²) in [5.41, 5.74) is 0. The van der Waals surface area contributed by atoms with Crippen LogP contribution in [0, 0.1) is 0 Å². The molecule has 1 N–H and O–H groups in total. The van der Waals surface area contributed by atoms with Gasteiger partial charge in [-0.3, -0.25) is 0 Å². The molecule has 0 amide bonds. The summed E-state index contributed by atoms with van der Waals surface area (Å²) in [6, 6.07) is -0.588. The van der Waals surface area contributed by atoms with Gasteiger partial charge < -0.3 is 10.1 Å². The minimum absolute atomic E-state index is 0.0430. The highest BCUT2D eigenvalue weighted by Crippen LogP contribution is 2.10. The van der Waals surface area contributed by atoms with E-state index in [9.17, 15) is 4.79 Å². The normalized spacial score (nSPS) is 12.0. The monoisotopic (exact) mass is 264 g/mol. The third-order valence-electron chi connectivity index (χ3n) is 1.57. The maximum Gasteiger partial charge on any atom is 0.328 e. The lowest BCUT2D eigenvalue weighted by Gasteiger charge is -2.12. The fraction of sp³-hybridized carbons (Fsp3) is 0.500. The number of aromatic nitrogens is 3. The Kier molecular flexibility index (Phi) is 4.70. The van der Waals surface area contributed by atoms with Gasteiger partial charge in [-0.25, -0.2) is 4.79 Å². The van der Waals surface area contributed by atoms with Crippen molar-refractivity contribution >= 4 is 35.1 Å². The first-order chi connectivity index (χ1) is 7.52. The largest absolute Gasteiger partial charge is 0.464 e. The first-order valence-corrected chi connectivity index (χ1v) is 5.28. The van der Waals surface area contributed by atoms with E-state index in [1.54, 1.807) is 13.8 Å². The van der Waals surface area contributed by atoms with Gasteiger partial charge in [0.1, 0.15) is 6.04 Å². The fourth-order valence-electron chi connectivity index (χ4n) is 0.910. The molecule has 0 fully saturated rings. The smallest absolute Gasteiger partial charge is 0.328 e. The third kappa shape index (κ3) is 3.79. The van der Waals surface area contributed by atoms with Gasteiger partial charge in [0.15, 0.2) is 0 Å². The number of carbonyl (C=O) groups excluding carboxylic acids is 1. The van der Waals surface area contributed by atoms with E-state index in [0.717, 1.165) is 0 Å². The quantitative estimate of drug-likeness (QED) is 0.832. The molecular weight excluding hydrogens is 255 g/mol. The number of esters is 1. The van der Waals surface area contributed by atoms with Crippen molar-refractivity contribution in [2.75, 3.05) is 11.9 Å². The standard InChI is InChI=1S/C8H10Cl2N4O2/c1-3-16-5(15)4(2)11-8-13-6(9)12-7(10)14-8/h4H,3H2,1-2H3,(H,11,12,13,14). The molecule has 1 unspecified atom stereocenters. The van der Waals surface area contributed by atoms with Gasteiger partial charge in [-0.2, -0.15) is 15.0 Å². The molecule has 0 saturated carbocycles. The van der Waals surface area contributed by atoms with E-state index in [2.05, 4.69) is 20.3 Å². The zero-order valence-electron chi connectivity index (χ0n) is 8.70. The van der Waals surface area contributed by atoms with Gasteiger partial charge in [-0.1, -0.05) is 0 Å². The number of nitrogens with one attached hydrogen (secondary N) is 1. The third-order valence-corrected chi connectivity index (χ3v) is 1.90. The maximum atomic E-state index is 11.3. The topological polar surface area (TPSA) is 77.0 Å². The Morgan fingerprint density at radius 3 is 2.44 bits per heavy atom. The highest BCUT2D eigenvalue weighted by molar-refractivity contribution is 6.31. The number of nitrogens with zero attached hydrogens (tertiary/aromatic N) is 3. The van der Waals surface area contributed by atoms with Crippen LogP contribution in [-0.2, 0) is 9.53 Å². The lowest BCUT2D eigenvalue weighted by molar-refractivity contribution is -0.143. The van der Waals surface area contributed by atoms with E-state index in [-0.39, 0.29) is 16.5 Å². The molecule has 6 nitrogen and oxygen atoms in total. The summed E-state index contributed by atoms with van der Waals surface area (Å²) in [6.45, 7) is 3.65. The van der Waals surface area contributed by atoms with Crippen LogP contribution in [0.2, 0.25) is 10.6 Å². The van der Waals surface area contributed by atoms with E-state index in [0.29, 0.717) is 6.61 Å². The van der Waals surface area contributed by atoms with Gasteiger partial charge in [-0.15, -0.1) is 0 Å². The number of hydrogen-bond acceptors (Lipinski definition) is 6. The minimum Gasteiger partial charge on any atom is -0.464 e. The van der Waals surface area contributed by atoms with Gasteiger partial charge in [0.25, 0.3) is 0 Å². The summed E-state index contributed by atoms with van der Waals surface area (Å²) >= 11 is 11.1. The van der Waals surface area contributed by atoms with Crippen LogP contribution in [0.3, 0.4) is 0 Å².